The molecule has 5 heteroatoms. The van der Waals surface area contributed by atoms with Crippen LogP contribution in [0.25, 0.3) is 10.6 Å². The van der Waals surface area contributed by atoms with Crippen molar-refractivity contribution in [3.05, 3.63) is 34.6 Å². The Labute approximate surface area is 110 Å². The zero-order valence-electron chi connectivity index (χ0n) is 10.5. The highest BCUT2D eigenvalue weighted by Crippen LogP contribution is 2.27. The van der Waals surface area contributed by atoms with Crippen LogP contribution >= 0.6 is 11.3 Å². The van der Waals surface area contributed by atoms with E-state index in [9.17, 15) is 4.39 Å². The molecule has 1 aromatic carbocycles. The largest absolute Gasteiger partial charge is 0.317 e. The fraction of sp³-hybridized carbons (Fsp3) is 0.385. The van der Waals surface area contributed by atoms with Gasteiger partial charge in [-0.1, -0.05) is 18.3 Å². The standard InChI is InChI=1S/C13H16FN3S/c1-3-15-7-6-12-16-17-13(18-12)11-5-4-10(14)8-9(11)2/h4-5,8,15H,3,6-7H2,1-2H3. The second-order valence-electron chi connectivity index (χ2n) is 4.06. The first kappa shape index (κ1) is 13.1. The maximum atomic E-state index is 13.0. The van der Waals surface area contributed by atoms with E-state index >= 15 is 0 Å². The second kappa shape index (κ2) is 6.02. The number of halogens is 1. The summed E-state index contributed by atoms with van der Waals surface area (Å²) in [6.45, 7) is 5.84. The predicted molar refractivity (Wildman–Crippen MR) is 72.3 cm³/mol. The first-order valence-corrected chi connectivity index (χ1v) is 6.82. The lowest BCUT2D eigenvalue weighted by molar-refractivity contribution is 0.627. The van der Waals surface area contributed by atoms with Crippen molar-refractivity contribution in [3.63, 3.8) is 0 Å². The molecule has 0 bridgehead atoms. The fourth-order valence-electron chi connectivity index (χ4n) is 1.70. The van der Waals surface area contributed by atoms with E-state index in [1.54, 1.807) is 17.4 Å². The summed E-state index contributed by atoms with van der Waals surface area (Å²) in [6.07, 6.45) is 0.881. The van der Waals surface area contributed by atoms with Gasteiger partial charge in [-0.05, 0) is 37.2 Å². The van der Waals surface area contributed by atoms with Crippen molar-refractivity contribution in [2.24, 2.45) is 0 Å². The van der Waals surface area contributed by atoms with Crippen LogP contribution in [0.2, 0.25) is 0 Å². The molecule has 1 aromatic heterocycles. The highest BCUT2D eigenvalue weighted by molar-refractivity contribution is 7.14. The van der Waals surface area contributed by atoms with E-state index in [1.807, 2.05) is 6.92 Å². The van der Waals surface area contributed by atoms with Gasteiger partial charge < -0.3 is 5.32 Å². The van der Waals surface area contributed by atoms with Gasteiger partial charge in [0.2, 0.25) is 0 Å². The van der Waals surface area contributed by atoms with Crippen LogP contribution in [0.4, 0.5) is 4.39 Å². The predicted octanol–water partition coefficient (Wildman–Crippen LogP) is 2.80. The van der Waals surface area contributed by atoms with Crippen molar-refractivity contribution < 1.29 is 4.39 Å². The lowest BCUT2D eigenvalue weighted by Crippen LogP contribution is -2.15. The van der Waals surface area contributed by atoms with Gasteiger partial charge in [0.1, 0.15) is 15.8 Å². The Morgan fingerprint density at radius 3 is 2.89 bits per heavy atom. The van der Waals surface area contributed by atoms with Gasteiger partial charge in [0, 0.05) is 18.5 Å². The van der Waals surface area contributed by atoms with Gasteiger partial charge in [-0.3, -0.25) is 0 Å². The Bertz CT molecular complexity index is 525. The van der Waals surface area contributed by atoms with Gasteiger partial charge in [-0.15, -0.1) is 10.2 Å². The summed E-state index contributed by atoms with van der Waals surface area (Å²) in [5.74, 6) is -0.215. The van der Waals surface area contributed by atoms with Crippen molar-refractivity contribution in [2.75, 3.05) is 13.1 Å². The molecule has 0 aliphatic carbocycles. The van der Waals surface area contributed by atoms with E-state index in [1.165, 1.54) is 12.1 Å². The molecule has 2 rings (SSSR count). The summed E-state index contributed by atoms with van der Waals surface area (Å²) in [5, 5.41) is 13.5. The molecule has 0 amide bonds. The highest BCUT2D eigenvalue weighted by atomic mass is 32.1. The molecule has 0 aliphatic rings. The molecule has 2 aromatic rings. The SMILES string of the molecule is CCNCCc1nnc(-c2ccc(F)cc2C)s1. The van der Waals surface area contributed by atoms with Crippen LogP contribution in [0, 0.1) is 12.7 Å². The number of rotatable bonds is 5. The first-order valence-electron chi connectivity index (χ1n) is 6.00. The Morgan fingerprint density at radius 2 is 2.17 bits per heavy atom. The Hall–Kier alpha value is -1.33. The van der Waals surface area contributed by atoms with Crippen LogP contribution in [0.15, 0.2) is 18.2 Å². The third-order valence-corrected chi connectivity index (χ3v) is 3.67. The smallest absolute Gasteiger partial charge is 0.148 e. The number of benzene rings is 1. The maximum Gasteiger partial charge on any atom is 0.148 e. The molecule has 0 aliphatic heterocycles. The second-order valence-corrected chi connectivity index (χ2v) is 5.13. The van der Waals surface area contributed by atoms with E-state index < -0.39 is 0 Å². The zero-order chi connectivity index (χ0) is 13.0. The van der Waals surface area contributed by atoms with Crippen LogP contribution in [-0.4, -0.2) is 23.3 Å². The van der Waals surface area contributed by atoms with Crippen molar-refractivity contribution >= 4 is 11.3 Å². The minimum Gasteiger partial charge on any atom is -0.317 e. The molecule has 0 atom stereocenters. The molecular weight excluding hydrogens is 249 g/mol. The number of hydrogen-bond donors (Lipinski definition) is 1. The average molecular weight is 265 g/mol. The fourth-order valence-corrected chi connectivity index (χ4v) is 2.63. The summed E-state index contributed by atoms with van der Waals surface area (Å²) in [6, 6.07) is 4.75. The topological polar surface area (TPSA) is 37.8 Å². The lowest BCUT2D eigenvalue weighted by atomic mass is 10.1. The first-order chi connectivity index (χ1) is 8.70. The molecule has 1 heterocycles. The Balaban J connectivity index is 2.13. The molecule has 0 fully saturated rings. The van der Waals surface area contributed by atoms with Gasteiger partial charge in [0.25, 0.3) is 0 Å². The quantitative estimate of drug-likeness (QED) is 0.845. The van der Waals surface area contributed by atoms with E-state index in [-0.39, 0.29) is 5.82 Å². The van der Waals surface area contributed by atoms with Crippen LogP contribution in [0.5, 0.6) is 0 Å². The van der Waals surface area contributed by atoms with Crippen LogP contribution in [0.1, 0.15) is 17.5 Å². The summed E-state index contributed by atoms with van der Waals surface area (Å²) < 4.78 is 13.0. The molecular formula is C13H16FN3S. The third kappa shape index (κ3) is 3.11. The van der Waals surface area contributed by atoms with Gasteiger partial charge in [0.05, 0.1) is 0 Å². The van der Waals surface area contributed by atoms with E-state index in [2.05, 4.69) is 22.4 Å². The van der Waals surface area contributed by atoms with Crippen molar-refractivity contribution in [3.8, 4) is 10.6 Å². The highest BCUT2D eigenvalue weighted by Gasteiger charge is 2.09. The zero-order valence-corrected chi connectivity index (χ0v) is 11.4. The van der Waals surface area contributed by atoms with E-state index in [4.69, 9.17) is 0 Å². The van der Waals surface area contributed by atoms with Crippen molar-refractivity contribution in [1.29, 1.82) is 0 Å². The summed E-state index contributed by atoms with van der Waals surface area (Å²) >= 11 is 1.57. The lowest BCUT2D eigenvalue weighted by Gasteiger charge is -2.00. The average Bonchev–Trinajstić information content (AvgIpc) is 2.78. The van der Waals surface area contributed by atoms with E-state index in [0.29, 0.717) is 0 Å². The van der Waals surface area contributed by atoms with Gasteiger partial charge in [-0.2, -0.15) is 0 Å². The number of nitrogens with one attached hydrogen (secondary N) is 1. The summed E-state index contributed by atoms with van der Waals surface area (Å²) in [7, 11) is 0. The van der Waals surface area contributed by atoms with Crippen molar-refractivity contribution in [1.82, 2.24) is 15.5 Å². The number of likely N-dealkylation sites (N-methyl/N-ethyl adjacent to an activating group) is 1. The third-order valence-electron chi connectivity index (χ3n) is 2.65. The number of aryl methyl sites for hydroxylation is 1. The molecule has 1 N–H and O–H groups in total. The van der Waals surface area contributed by atoms with Crippen LogP contribution in [-0.2, 0) is 6.42 Å². The normalized spacial score (nSPS) is 10.8. The molecule has 3 nitrogen and oxygen atoms in total. The number of nitrogens with zero attached hydrogens (tertiary/aromatic N) is 2. The monoisotopic (exact) mass is 265 g/mol. The van der Waals surface area contributed by atoms with Crippen LogP contribution < -0.4 is 5.32 Å². The molecule has 18 heavy (non-hydrogen) atoms. The molecule has 0 saturated heterocycles. The molecule has 0 unspecified atom stereocenters. The van der Waals surface area contributed by atoms with E-state index in [0.717, 1.165) is 40.7 Å². The van der Waals surface area contributed by atoms with Gasteiger partial charge >= 0.3 is 0 Å². The maximum absolute atomic E-state index is 13.0. The Kier molecular flexibility index (Phi) is 4.38. The molecule has 0 saturated carbocycles. The molecule has 0 spiro atoms. The number of aromatic nitrogens is 2. The summed E-state index contributed by atoms with van der Waals surface area (Å²) in [4.78, 5) is 0. The van der Waals surface area contributed by atoms with Crippen LogP contribution in [0.3, 0.4) is 0 Å². The number of hydrogen-bond acceptors (Lipinski definition) is 4. The van der Waals surface area contributed by atoms with Gasteiger partial charge in [0.15, 0.2) is 0 Å². The molecule has 0 radical (unpaired) electrons. The minimum absolute atomic E-state index is 0.215. The Morgan fingerprint density at radius 1 is 1.33 bits per heavy atom. The summed E-state index contributed by atoms with van der Waals surface area (Å²) in [5.41, 5.74) is 1.85. The van der Waals surface area contributed by atoms with Crippen molar-refractivity contribution in [2.45, 2.75) is 20.3 Å². The minimum atomic E-state index is -0.215. The van der Waals surface area contributed by atoms with Gasteiger partial charge in [-0.25, -0.2) is 4.39 Å². The molecule has 96 valence electrons.